The molecule has 1 saturated heterocycles. The Morgan fingerprint density at radius 3 is 2.26 bits per heavy atom. The summed E-state index contributed by atoms with van der Waals surface area (Å²) in [5.74, 6) is -2.00. The SMILES string of the molecule is CC(C)[C@H](N)C(=O)O[C@@H]1[C@H](OC(=O)[C@@H](N)C(C)C)[C@@H](COS(=O)(=O)O)O[C@H]1n1cnc2c(N[C@@H]3CCC[C@@H]3O)ncnc21. The van der Waals surface area contributed by atoms with Crippen molar-refractivity contribution in [1.29, 1.82) is 0 Å². The number of esters is 2. The van der Waals surface area contributed by atoms with E-state index in [-0.39, 0.29) is 23.5 Å². The van der Waals surface area contributed by atoms with E-state index in [1.54, 1.807) is 27.7 Å². The molecule has 1 saturated carbocycles. The Morgan fingerprint density at radius 1 is 1.07 bits per heavy atom. The van der Waals surface area contributed by atoms with Gasteiger partial charge in [0.1, 0.15) is 24.5 Å². The van der Waals surface area contributed by atoms with E-state index in [1.807, 2.05) is 0 Å². The van der Waals surface area contributed by atoms with E-state index in [9.17, 15) is 27.7 Å². The average molecular weight is 630 g/mol. The largest absolute Gasteiger partial charge is 0.454 e. The summed E-state index contributed by atoms with van der Waals surface area (Å²) >= 11 is 0. The normalized spacial score (nSPS) is 27.5. The highest BCUT2D eigenvalue weighted by Crippen LogP contribution is 2.37. The molecule has 0 bridgehead atoms. The van der Waals surface area contributed by atoms with E-state index in [0.29, 0.717) is 17.8 Å². The summed E-state index contributed by atoms with van der Waals surface area (Å²) < 4.78 is 55.5. The lowest BCUT2D eigenvalue weighted by Gasteiger charge is -2.27. The Labute approximate surface area is 248 Å². The number of aliphatic hydroxyl groups is 1. The van der Waals surface area contributed by atoms with Gasteiger partial charge in [-0.3, -0.25) is 18.7 Å². The zero-order valence-electron chi connectivity index (χ0n) is 24.3. The monoisotopic (exact) mass is 629 g/mol. The molecule has 0 spiro atoms. The Balaban J connectivity index is 1.74. The number of rotatable bonds is 12. The van der Waals surface area contributed by atoms with Crippen molar-refractivity contribution in [2.24, 2.45) is 23.3 Å². The molecule has 1 aliphatic heterocycles. The number of fused-ring (bicyclic) bond motifs is 1. The average Bonchev–Trinajstić information content (AvgIpc) is 3.64. The molecule has 7 N–H and O–H groups in total. The molecule has 2 aliphatic rings. The number of nitrogens with one attached hydrogen (secondary N) is 1. The van der Waals surface area contributed by atoms with Crippen LogP contribution in [0.1, 0.15) is 53.2 Å². The number of carbonyl (C=O) groups is 2. The van der Waals surface area contributed by atoms with E-state index in [2.05, 4.69) is 24.5 Å². The van der Waals surface area contributed by atoms with Crippen LogP contribution in [0, 0.1) is 11.8 Å². The number of hydrogen-bond donors (Lipinski definition) is 5. The van der Waals surface area contributed by atoms with Crippen molar-refractivity contribution in [2.75, 3.05) is 11.9 Å². The third-order valence-electron chi connectivity index (χ3n) is 7.59. The van der Waals surface area contributed by atoms with Crippen LogP contribution in [-0.4, -0.2) is 98.7 Å². The predicted molar refractivity (Wildman–Crippen MR) is 149 cm³/mol. The van der Waals surface area contributed by atoms with Crippen molar-refractivity contribution in [1.82, 2.24) is 19.5 Å². The highest BCUT2D eigenvalue weighted by Gasteiger charge is 2.52. The highest BCUT2D eigenvalue weighted by molar-refractivity contribution is 7.80. The van der Waals surface area contributed by atoms with Gasteiger partial charge in [-0.15, -0.1) is 0 Å². The zero-order chi connectivity index (χ0) is 31.6. The van der Waals surface area contributed by atoms with Gasteiger partial charge < -0.3 is 36.1 Å². The topological polar surface area (TPSA) is 253 Å². The second-order valence-corrected chi connectivity index (χ2v) is 12.5. The van der Waals surface area contributed by atoms with Crippen LogP contribution >= 0.6 is 0 Å². The van der Waals surface area contributed by atoms with Gasteiger partial charge in [-0.25, -0.2) is 19.1 Å². The van der Waals surface area contributed by atoms with Gasteiger partial charge >= 0.3 is 22.3 Å². The minimum absolute atomic E-state index is 0.226. The molecule has 3 heterocycles. The zero-order valence-corrected chi connectivity index (χ0v) is 25.1. The summed E-state index contributed by atoms with van der Waals surface area (Å²) in [6.45, 7) is 6.03. The molecule has 17 nitrogen and oxygen atoms in total. The minimum atomic E-state index is -4.93. The van der Waals surface area contributed by atoms with Gasteiger partial charge in [0.2, 0.25) is 0 Å². The first-order chi connectivity index (χ1) is 20.2. The molecule has 0 aromatic carbocycles. The van der Waals surface area contributed by atoms with E-state index in [0.717, 1.165) is 12.8 Å². The second kappa shape index (κ2) is 13.3. The molecular weight excluding hydrogens is 590 g/mol. The maximum atomic E-state index is 13.1. The van der Waals surface area contributed by atoms with Gasteiger partial charge in [0, 0.05) is 0 Å². The van der Waals surface area contributed by atoms with E-state index in [1.165, 1.54) is 17.2 Å². The van der Waals surface area contributed by atoms with Crippen molar-refractivity contribution in [3.63, 3.8) is 0 Å². The highest BCUT2D eigenvalue weighted by atomic mass is 32.3. The molecule has 8 atom stereocenters. The van der Waals surface area contributed by atoms with Crippen LogP contribution in [0.25, 0.3) is 11.2 Å². The van der Waals surface area contributed by atoms with Crippen LogP contribution in [0.3, 0.4) is 0 Å². The smallest absolute Gasteiger partial charge is 0.397 e. The summed E-state index contributed by atoms with van der Waals surface area (Å²) in [5, 5.41) is 13.5. The molecule has 240 valence electrons. The van der Waals surface area contributed by atoms with Crippen LogP contribution in [0.4, 0.5) is 5.82 Å². The number of hydrogen-bond acceptors (Lipinski definition) is 15. The Hall–Kier alpha value is -3.00. The molecule has 1 aliphatic carbocycles. The maximum Gasteiger partial charge on any atom is 0.397 e. The standard InChI is InChI=1S/C25H39N7O10S/c1-11(2)16(26)24(34)41-19-15(8-39-43(36,37)38)40-23(20(19)42-25(35)17(27)12(3)4)32-10-30-18-21(28-9-29-22(18)32)31-13-6-5-7-14(13)33/h9-17,19-20,23,33H,5-8,26-27H2,1-4H3,(H,28,29,31)(H,36,37,38)/t13-,14+,15-,16+,17+,19-,20-,23-/m1/s1. The number of imidazole rings is 1. The third-order valence-corrected chi connectivity index (χ3v) is 8.02. The molecule has 18 heteroatoms. The van der Waals surface area contributed by atoms with Gasteiger partial charge in [0.05, 0.1) is 25.1 Å². The van der Waals surface area contributed by atoms with Gasteiger partial charge in [0.25, 0.3) is 0 Å². The van der Waals surface area contributed by atoms with Crippen molar-refractivity contribution in [3.05, 3.63) is 12.7 Å². The van der Waals surface area contributed by atoms with E-state index < -0.39 is 71.7 Å². The summed E-state index contributed by atoms with van der Waals surface area (Å²) in [6, 6.07) is -2.37. The van der Waals surface area contributed by atoms with Gasteiger partial charge in [-0.2, -0.15) is 8.42 Å². The number of aromatic nitrogens is 4. The fraction of sp³-hybridized carbons (Fsp3) is 0.720. The molecule has 0 unspecified atom stereocenters. The van der Waals surface area contributed by atoms with Crippen LogP contribution < -0.4 is 16.8 Å². The third kappa shape index (κ3) is 7.57. The van der Waals surface area contributed by atoms with Crippen LogP contribution in [0.15, 0.2) is 12.7 Å². The molecule has 4 rings (SSSR count). The Morgan fingerprint density at radius 2 is 1.70 bits per heavy atom. The molecular formula is C25H39N7O10S. The number of ether oxygens (including phenoxy) is 3. The van der Waals surface area contributed by atoms with E-state index >= 15 is 0 Å². The summed E-state index contributed by atoms with van der Waals surface area (Å²) in [7, 11) is -4.93. The van der Waals surface area contributed by atoms with Crippen molar-refractivity contribution in [3.8, 4) is 0 Å². The van der Waals surface area contributed by atoms with Crippen LogP contribution in [-0.2, 0) is 38.4 Å². The molecule has 0 amide bonds. The first-order valence-corrected chi connectivity index (χ1v) is 15.4. The Bertz CT molecular complexity index is 1400. The lowest BCUT2D eigenvalue weighted by Crippen LogP contribution is -2.48. The maximum absolute atomic E-state index is 13.1. The number of carbonyl (C=O) groups excluding carboxylic acids is 2. The molecule has 2 aromatic heterocycles. The first kappa shape index (κ1) is 32.9. The molecule has 2 aromatic rings. The fourth-order valence-electron chi connectivity index (χ4n) is 4.88. The van der Waals surface area contributed by atoms with Gasteiger partial charge in [-0.05, 0) is 31.1 Å². The van der Waals surface area contributed by atoms with Crippen molar-refractivity contribution < 1.29 is 46.1 Å². The summed E-state index contributed by atoms with van der Waals surface area (Å²) in [4.78, 5) is 39.0. The fourth-order valence-corrected chi connectivity index (χ4v) is 5.19. The summed E-state index contributed by atoms with van der Waals surface area (Å²) in [6.07, 6.45) is -1.23. The lowest BCUT2D eigenvalue weighted by molar-refractivity contribution is -0.171. The van der Waals surface area contributed by atoms with Gasteiger partial charge in [0.15, 0.2) is 35.4 Å². The van der Waals surface area contributed by atoms with Crippen molar-refractivity contribution in [2.45, 2.75) is 95.7 Å². The lowest BCUT2D eigenvalue weighted by atomic mass is 10.0. The minimum Gasteiger partial charge on any atom is -0.454 e. The quantitative estimate of drug-likeness (QED) is 0.149. The number of nitrogens with zero attached hydrogens (tertiary/aromatic N) is 4. The van der Waals surface area contributed by atoms with Crippen LogP contribution in [0.5, 0.6) is 0 Å². The first-order valence-electron chi connectivity index (χ1n) is 14.0. The molecule has 2 fully saturated rings. The molecule has 0 radical (unpaired) electrons. The van der Waals surface area contributed by atoms with Crippen LogP contribution in [0.2, 0.25) is 0 Å². The number of aliphatic hydroxyl groups excluding tert-OH is 1. The van der Waals surface area contributed by atoms with Gasteiger partial charge in [-0.1, -0.05) is 27.7 Å². The number of nitrogens with two attached hydrogens (primary N) is 2. The Kier molecular flexibility index (Phi) is 10.2. The predicted octanol–water partition coefficient (Wildman–Crippen LogP) is -0.341. The summed E-state index contributed by atoms with van der Waals surface area (Å²) in [5.41, 5.74) is 12.6. The van der Waals surface area contributed by atoms with E-state index in [4.69, 9.17) is 25.7 Å². The molecule has 43 heavy (non-hydrogen) atoms. The van der Waals surface area contributed by atoms with Crippen molar-refractivity contribution >= 4 is 39.3 Å². The number of anilines is 1. The second-order valence-electron chi connectivity index (χ2n) is 11.4.